The van der Waals surface area contributed by atoms with Crippen molar-refractivity contribution in [3.05, 3.63) is 52.2 Å². The van der Waals surface area contributed by atoms with E-state index in [0.29, 0.717) is 24.4 Å². The number of carbonyl (C=O) groups excluding carboxylic acids is 1. The third-order valence-electron chi connectivity index (χ3n) is 4.97. The molecule has 0 unspecified atom stereocenters. The van der Waals surface area contributed by atoms with E-state index in [9.17, 15) is 9.59 Å². The zero-order chi connectivity index (χ0) is 20.1. The lowest BCUT2D eigenvalue weighted by atomic mass is 9.96. The summed E-state index contributed by atoms with van der Waals surface area (Å²) < 4.78 is 1.78. The molecule has 1 fully saturated rings. The number of likely N-dealkylation sites (N-methyl/N-ethyl adjacent to an activating group) is 1. The number of H-pyrrole nitrogens is 1. The summed E-state index contributed by atoms with van der Waals surface area (Å²) in [5.41, 5.74) is 0.566. The molecule has 9 heteroatoms. The van der Waals surface area contributed by atoms with Crippen LogP contribution in [-0.4, -0.2) is 61.8 Å². The second kappa shape index (κ2) is 6.43. The molecule has 0 spiro atoms. The van der Waals surface area contributed by atoms with E-state index in [1.807, 2.05) is 12.1 Å². The van der Waals surface area contributed by atoms with Crippen LogP contribution >= 0.6 is 0 Å². The minimum Gasteiger partial charge on any atom is -0.351 e. The Morgan fingerprint density at radius 1 is 1.18 bits per heavy atom. The van der Waals surface area contributed by atoms with Gasteiger partial charge in [-0.3, -0.25) is 9.59 Å². The van der Waals surface area contributed by atoms with Crippen molar-refractivity contribution in [2.24, 2.45) is 0 Å². The topological polar surface area (TPSA) is 99.5 Å². The number of nitrogens with one attached hydrogen (secondary N) is 1. The number of pyridine rings is 1. The van der Waals surface area contributed by atoms with Crippen LogP contribution in [0.3, 0.4) is 0 Å². The molecule has 4 heterocycles. The first-order valence-corrected chi connectivity index (χ1v) is 9.18. The van der Waals surface area contributed by atoms with Crippen molar-refractivity contribution in [3.8, 4) is 0 Å². The van der Waals surface area contributed by atoms with Crippen LogP contribution in [0.2, 0.25) is 0 Å². The van der Waals surface area contributed by atoms with Gasteiger partial charge in [0.25, 0.3) is 5.91 Å². The predicted octanol–water partition coefficient (Wildman–Crippen LogP) is 1.07. The third-order valence-corrected chi connectivity index (χ3v) is 4.97. The maximum absolute atomic E-state index is 12.6. The molecule has 0 aliphatic carbocycles. The van der Waals surface area contributed by atoms with Gasteiger partial charge in [-0.15, -0.1) is 15.3 Å². The lowest BCUT2D eigenvalue weighted by molar-refractivity contribution is 0.0698. The summed E-state index contributed by atoms with van der Waals surface area (Å²) in [6.45, 7) is 7.57. The van der Waals surface area contributed by atoms with Crippen molar-refractivity contribution in [2.45, 2.75) is 32.2 Å². The highest BCUT2D eigenvalue weighted by Crippen LogP contribution is 2.25. The van der Waals surface area contributed by atoms with Gasteiger partial charge in [0.05, 0.1) is 6.04 Å². The molecule has 4 rings (SSSR count). The molecule has 146 valence electrons. The van der Waals surface area contributed by atoms with Crippen LogP contribution in [0.15, 0.2) is 35.1 Å². The fraction of sp³-hybridized carbons (Fsp3) is 0.421. The number of amides is 1. The van der Waals surface area contributed by atoms with E-state index in [-0.39, 0.29) is 22.9 Å². The van der Waals surface area contributed by atoms with E-state index in [1.54, 1.807) is 28.6 Å². The molecule has 1 amide bonds. The smallest absolute Gasteiger partial charge is 0.270 e. The minimum atomic E-state index is -0.282. The Hall–Kier alpha value is -3.23. The minimum absolute atomic E-state index is 0.0525. The van der Waals surface area contributed by atoms with E-state index in [0.717, 1.165) is 11.6 Å². The fourth-order valence-electron chi connectivity index (χ4n) is 3.23. The SMILES string of the molecule is CN(C(=O)c1cccc(=O)[nH]1)C1CN(c2ccc3nnc(C(C)(C)C)n3n2)C1. The summed E-state index contributed by atoms with van der Waals surface area (Å²) >= 11 is 0. The molecule has 0 radical (unpaired) electrons. The Morgan fingerprint density at radius 3 is 2.61 bits per heavy atom. The van der Waals surface area contributed by atoms with Gasteiger partial charge in [-0.2, -0.15) is 4.52 Å². The zero-order valence-corrected chi connectivity index (χ0v) is 16.4. The average molecular weight is 381 g/mol. The van der Waals surface area contributed by atoms with Crippen molar-refractivity contribution < 1.29 is 4.79 Å². The summed E-state index contributed by atoms with van der Waals surface area (Å²) in [4.78, 5) is 30.4. The van der Waals surface area contributed by atoms with Crippen LogP contribution in [0.25, 0.3) is 5.65 Å². The fourth-order valence-corrected chi connectivity index (χ4v) is 3.23. The molecule has 0 atom stereocenters. The lowest BCUT2D eigenvalue weighted by Gasteiger charge is -2.44. The Morgan fingerprint density at radius 2 is 1.93 bits per heavy atom. The molecule has 3 aromatic heterocycles. The molecular weight excluding hydrogens is 358 g/mol. The van der Waals surface area contributed by atoms with Crippen molar-refractivity contribution in [1.82, 2.24) is 29.7 Å². The molecule has 1 N–H and O–H groups in total. The molecule has 0 aromatic carbocycles. The number of carbonyl (C=O) groups is 1. The van der Waals surface area contributed by atoms with Gasteiger partial charge >= 0.3 is 0 Å². The van der Waals surface area contributed by atoms with E-state index < -0.39 is 0 Å². The van der Waals surface area contributed by atoms with Crippen molar-refractivity contribution >= 4 is 17.4 Å². The maximum Gasteiger partial charge on any atom is 0.270 e. The number of anilines is 1. The lowest BCUT2D eigenvalue weighted by Crippen LogP contribution is -2.60. The van der Waals surface area contributed by atoms with Crippen LogP contribution in [0.5, 0.6) is 0 Å². The molecule has 1 aliphatic rings. The van der Waals surface area contributed by atoms with E-state index in [2.05, 4.69) is 40.9 Å². The van der Waals surface area contributed by atoms with Gasteiger partial charge in [-0.1, -0.05) is 26.8 Å². The number of rotatable bonds is 3. The molecule has 0 saturated carbocycles. The van der Waals surface area contributed by atoms with Gasteiger partial charge in [-0.25, -0.2) is 0 Å². The molecule has 1 aliphatic heterocycles. The number of aromatic amines is 1. The molecular formula is C19H23N7O2. The van der Waals surface area contributed by atoms with Gasteiger partial charge in [0, 0.05) is 31.6 Å². The van der Waals surface area contributed by atoms with E-state index in [1.165, 1.54) is 6.07 Å². The standard InChI is InChI=1S/C19H23N7O2/c1-19(2,3)18-22-21-14-8-9-15(23-26(14)18)25-10-12(11-25)24(4)17(28)13-6-5-7-16(27)20-13/h5-9,12H,10-11H2,1-4H3,(H,20,27). The normalized spacial score (nSPS) is 14.9. The second-order valence-electron chi connectivity index (χ2n) is 8.14. The van der Waals surface area contributed by atoms with Crippen molar-refractivity contribution in [3.63, 3.8) is 0 Å². The number of nitrogens with zero attached hydrogens (tertiary/aromatic N) is 6. The highest BCUT2D eigenvalue weighted by molar-refractivity contribution is 5.92. The first kappa shape index (κ1) is 18.1. The number of hydrogen-bond acceptors (Lipinski definition) is 6. The third kappa shape index (κ3) is 3.12. The van der Waals surface area contributed by atoms with Gasteiger partial charge in [0.2, 0.25) is 5.56 Å². The Labute approximate surface area is 162 Å². The summed E-state index contributed by atoms with van der Waals surface area (Å²) in [6.07, 6.45) is 0. The Kier molecular flexibility index (Phi) is 4.17. The van der Waals surface area contributed by atoms with E-state index in [4.69, 9.17) is 5.10 Å². The average Bonchev–Trinajstić information content (AvgIpc) is 3.03. The summed E-state index contributed by atoms with van der Waals surface area (Å²) in [7, 11) is 1.75. The molecule has 28 heavy (non-hydrogen) atoms. The molecule has 0 bridgehead atoms. The van der Waals surface area contributed by atoms with Crippen LogP contribution < -0.4 is 10.5 Å². The predicted molar refractivity (Wildman–Crippen MR) is 105 cm³/mol. The van der Waals surface area contributed by atoms with Crippen LogP contribution in [-0.2, 0) is 5.41 Å². The monoisotopic (exact) mass is 381 g/mol. The van der Waals surface area contributed by atoms with E-state index >= 15 is 0 Å². The first-order chi connectivity index (χ1) is 13.2. The second-order valence-corrected chi connectivity index (χ2v) is 8.14. The molecule has 9 nitrogen and oxygen atoms in total. The van der Waals surface area contributed by atoms with Crippen LogP contribution in [0, 0.1) is 0 Å². The van der Waals surface area contributed by atoms with Gasteiger partial charge in [-0.05, 0) is 18.2 Å². The Balaban J connectivity index is 1.49. The molecule has 3 aromatic rings. The maximum atomic E-state index is 12.6. The van der Waals surface area contributed by atoms with Crippen molar-refractivity contribution in [2.75, 3.05) is 25.0 Å². The summed E-state index contributed by atoms with van der Waals surface area (Å²) in [5.74, 6) is 1.43. The van der Waals surface area contributed by atoms with Crippen molar-refractivity contribution in [1.29, 1.82) is 0 Å². The van der Waals surface area contributed by atoms with Crippen LogP contribution in [0.4, 0.5) is 5.82 Å². The highest BCUT2D eigenvalue weighted by atomic mass is 16.2. The number of hydrogen-bond donors (Lipinski definition) is 1. The largest absolute Gasteiger partial charge is 0.351 e. The van der Waals surface area contributed by atoms with Crippen LogP contribution in [0.1, 0.15) is 37.1 Å². The quantitative estimate of drug-likeness (QED) is 0.729. The van der Waals surface area contributed by atoms with Gasteiger partial charge < -0.3 is 14.8 Å². The van der Waals surface area contributed by atoms with Gasteiger partial charge in [0.1, 0.15) is 11.5 Å². The number of aromatic nitrogens is 5. The highest BCUT2D eigenvalue weighted by Gasteiger charge is 2.34. The molecule has 1 saturated heterocycles. The zero-order valence-electron chi connectivity index (χ0n) is 16.4. The summed E-state index contributed by atoms with van der Waals surface area (Å²) in [5, 5.41) is 13.2. The summed E-state index contributed by atoms with van der Waals surface area (Å²) in [6, 6.07) is 8.46. The van der Waals surface area contributed by atoms with Gasteiger partial charge in [0.15, 0.2) is 11.5 Å². The Bertz CT molecular complexity index is 1090. The first-order valence-electron chi connectivity index (χ1n) is 9.18. The number of fused-ring (bicyclic) bond motifs is 1.